The highest BCUT2D eigenvalue weighted by Gasteiger charge is 2.34. The van der Waals surface area contributed by atoms with E-state index in [2.05, 4.69) is 4.98 Å². The summed E-state index contributed by atoms with van der Waals surface area (Å²) in [6, 6.07) is 6.53. The van der Waals surface area contributed by atoms with Gasteiger partial charge in [0.1, 0.15) is 0 Å². The zero-order valence-corrected chi connectivity index (χ0v) is 15.6. The predicted molar refractivity (Wildman–Crippen MR) is 98.3 cm³/mol. The number of ether oxygens (including phenoxy) is 2. The van der Waals surface area contributed by atoms with E-state index in [1.54, 1.807) is 30.2 Å². The number of aryl methyl sites for hydroxylation is 1. The van der Waals surface area contributed by atoms with Gasteiger partial charge in [0.2, 0.25) is 0 Å². The zero-order chi connectivity index (χ0) is 19.6. The first-order valence-corrected chi connectivity index (χ1v) is 8.64. The van der Waals surface area contributed by atoms with Crippen molar-refractivity contribution < 1.29 is 24.2 Å². The van der Waals surface area contributed by atoms with Crippen LogP contribution in [0.15, 0.2) is 30.5 Å². The second-order valence-corrected chi connectivity index (χ2v) is 6.46. The molecule has 0 saturated carbocycles. The molecule has 1 atom stereocenters. The minimum atomic E-state index is -0.970. The van der Waals surface area contributed by atoms with Crippen LogP contribution in [-0.2, 0) is 11.2 Å². The lowest BCUT2D eigenvalue weighted by Gasteiger charge is -2.37. The number of carbonyl (C=O) groups is 2. The molecular weight excluding hydrogens is 348 g/mol. The summed E-state index contributed by atoms with van der Waals surface area (Å²) in [5.74, 6) is -0.0950. The van der Waals surface area contributed by atoms with E-state index in [1.807, 2.05) is 13.0 Å². The highest BCUT2D eigenvalue weighted by atomic mass is 16.5. The van der Waals surface area contributed by atoms with Gasteiger partial charge in [-0.25, -0.2) is 0 Å². The fourth-order valence-corrected chi connectivity index (χ4v) is 3.42. The first kappa shape index (κ1) is 18.7. The number of carbonyl (C=O) groups excluding carboxylic acids is 1. The van der Waals surface area contributed by atoms with Crippen LogP contribution in [0.2, 0.25) is 0 Å². The normalized spacial score (nSPS) is 15.8. The molecule has 0 aliphatic carbocycles. The maximum absolute atomic E-state index is 13.0. The Labute approximate surface area is 157 Å². The molecular formula is C20H22N2O5. The number of carboxylic acids is 1. The van der Waals surface area contributed by atoms with Crippen molar-refractivity contribution in [1.82, 2.24) is 9.88 Å². The smallest absolute Gasteiger partial charge is 0.305 e. The van der Waals surface area contributed by atoms with Gasteiger partial charge in [0.25, 0.3) is 5.91 Å². The predicted octanol–water partition coefficient (Wildman–Crippen LogP) is 2.62. The van der Waals surface area contributed by atoms with Crippen LogP contribution >= 0.6 is 0 Å². The summed E-state index contributed by atoms with van der Waals surface area (Å²) in [6.45, 7) is 2.27. The molecule has 7 nitrogen and oxygen atoms in total. The van der Waals surface area contributed by atoms with Crippen molar-refractivity contribution >= 4 is 11.9 Å². The van der Waals surface area contributed by atoms with E-state index < -0.39 is 12.0 Å². The van der Waals surface area contributed by atoms with Crippen LogP contribution in [0.1, 0.15) is 39.6 Å². The lowest BCUT2D eigenvalue weighted by atomic mass is 9.89. The Morgan fingerprint density at radius 2 is 1.93 bits per heavy atom. The maximum Gasteiger partial charge on any atom is 0.305 e. The monoisotopic (exact) mass is 370 g/mol. The van der Waals surface area contributed by atoms with Gasteiger partial charge in [0.05, 0.1) is 32.2 Å². The summed E-state index contributed by atoms with van der Waals surface area (Å²) >= 11 is 0. The Bertz CT molecular complexity index is 863. The van der Waals surface area contributed by atoms with Gasteiger partial charge < -0.3 is 19.5 Å². The summed E-state index contributed by atoms with van der Waals surface area (Å²) < 4.78 is 10.7. The standard InChI is InChI=1S/C20H22N2O5/c1-12-4-5-14(11-21-12)20(25)22-7-6-13-8-17(26-2)18(27-3)9-15(13)16(22)10-19(23)24/h4-5,8-9,11,16H,6-7,10H2,1-3H3,(H,23,24). The molecule has 1 amide bonds. The van der Waals surface area contributed by atoms with Gasteiger partial charge in [0, 0.05) is 18.4 Å². The fourth-order valence-electron chi connectivity index (χ4n) is 3.42. The van der Waals surface area contributed by atoms with Crippen LogP contribution in [0.4, 0.5) is 0 Å². The van der Waals surface area contributed by atoms with Crippen LogP contribution in [0.5, 0.6) is 11.5 Å². The number of hydrogen-bond acceptors (Lipinski definition) is 5. The molecule has 0 bridgehead atoms. The average Bonchev–Trinajstić information content (AvgIpc) is 2.66. The highest BCUT2D eigenvalue weighted by molar-refractivity contribution is 5.94. The number of amides is 1. The number of carboxylic acid groups (broad SMARTS) is 1. The number of benzene rings is 1. The third-order valence-electron chi connectivity index (χ3n) is 4.79. The molecule has 27 heavy (non-hydrogen) atoms. The van der Waals surface area contributed by atoms with Crippen molar-refractivity contribution in [3.63, 3.8) is 0 Å². The molecule has 0 radical (unpaired) electrons. The van der Waals surface area contributed by atoms with E-state index in [0.717, 1.165) is 16.8 Å². The number of pyridine rings is 1. The second kappa shape index (κ2) is 7.65. The number of hydrogen-bond donors (Lipinski definition) is 1. The summed E-state index contributed by atoms with van der Waals surface area (Å²) in [5.41, 5.74) is 2.99. The van der Waals surface area contributed by atoms with Gasteiger partial charge in [-0.2, -0.15) is 0 Å². The molecule has 1 unspecified atom stereocenters. The van der Waals surface area contributed by atoms with Crippen molar-refractivity contribution in [3.05, 3.63) is 52.8 Å². The molecule has 142 valence electrons. The molecule has 0 spiro atoms. The average molecular weight is 370 g/mol. The molecule has 1 N–H and O–H groups in total. The number of methoxy groups -OCH3 is 2. The number of aromatic nitrogens is 1. The fraction of sp³-hybridized carbons (Fsp3) is 0.350. The first-order valence-electron chi connectivity index (χ1n) is 8.64. The molecule has 1 aromatic carbocycles. The quantitative estimate of drug-likeness (QED) is 0.870. The second-order valence-electron chi connectivity index (χ2n) is 6.46. The molecule has 2 aromatic rings. The third kappa shape index (κ3) is 3.72. The maximum atomic E-state index is 13.0. The van der Waals surface area contributed by atoms with Crippen molar-refractivity contribution in [3.8, 4) is 11.5 Å². The van der Waals surface area contributed by atoms with E-state index in [-0.39, 0.29) is 12.3 Å². The molecule has 0 fully saturated rings. The Morgan fingerprint density at radius 1 is 1.22 bits per heavy atom. The Hall–Kier alpha value is -3.09. The zero-order valence-electron chi connectivity index (χ0n) is 15.6. The summed E-state index contributed by atoms with van der Waals surface area (Å²) in [5, 5.41) is 9.42. The van der Waals surface area contributed by atoms with Crippen LogP contribution in [0.25, 0.3) is 0 Å². The minimum absolute atomic E-state index is 0.187. The van der Waals surface area contributed by atoms with Crippen LogP contribution in [0.3, 0.4) is 0 Å². The van der Waals surface area contributed by atoms with Crippen LogP contribution < -0.4 is 9.47 Å². The first-order chi connectivity index (χ1) is 12.9. The van der Waals surface area contributed by atoms with E-state index in [1.165, 1.54) is 13.3 Å². The minimum Gasteiger partial charge on any atom is -0.493 e. The number of fused-ring (bicyclic) bond motifs is 1. The van der Waals surface area contributed by atoms with Crippen molar-refractivity contribution in [2.24, 2.45) is 0 Å². The molecule has 1 aliphatic heterocycles. The third-order valence-corrected chi connectivity index (χ3v) is 4.79. The van der Waals surface area contributed by atoms with E-state index in [9.17, 15) is 14.7 Å². The number of nitrogens with zero attached hydrogens (tertiary/aromatic N) is 2. The Kier molecular flexibility index (Phi) is 5.30. The number of rotatable bonds is 5. The van der Waals surface area contributed by atoms with E-state index in [0.29, 0.717) is 30.0 Å². The Balaban J connectivity index is 2.02. The summed E-state index contributed by atoms with van der Waals surface area (Å²) in [6.07, 6.45) is 1.95. The van der Waals surface area contributed by atoms with Gasteiger partial charge in [-0.3, -0.25) is 14.6 Å². The topological polar surface area (TPSA) is 89.0 Å². The van der Waals surface area contributed by atoms with E-state index >= 15 is 0 Å². The lowest BCUT2D eigenvalue weighted by Crippen LogP contribution is -2.41. The van der Waals surface area contributed by atoms with Gasteiger partial charge in [-0.1, -0.05) is 0 Å². The van der Waals surface area contributed by atoms with Gasteiger partial charge in [-0.15, -0.1) is 0 Å². The molecule has 2 heterocycles. The van der Waals surface area contributed by atoms with Crippen LogP contribution in [0, 0.1) is 6.92 Å². The largest absolute Gasteiger partial charge is 0.493 e. The van der Waals surface area contributed by atoms with Crippen molar-refractivity contribution in [1.29, 1.82) is 0 Å². The van der Waals surface area contributed by atoms with Crippen molar-refractivity contribution in [2.75, 3.05) is 20.8 Å². The van der Waals surface area contributed by atoms with Gasteiger partial charge in [0.15, 0.2) is 11.5 Å². The molecule has 3 rings (SSSR count). The molecule has 7 heteroatoms. The van der Waals surface area contributed by atoms with Gasteiger partial charge in [-0.05, 0) is 48.7 Å². The van der Waals surface area contributed by atoms with E-state index in [4.69, 9.17) is 9.47 Å². The lowest BCUT2D eigenvalue weighted by molar-refractivity contribution is -0.138. The van der Waals surface area contributed by atoms with Crippen LogP contribution in [-0.4, -0.2) is 47.6 Å². The molecule has 1 aromatic heterocycles. The van der Waals surface area contributed by atoms with Gasteiger partial charge >= 0.3 is 5.97 Å². The molecule has 0 saturated heterocycles. The summed E-state index contributed by atoms with van der Waals surface area (Å²) in [4.78, 5) is 30.3. The Morgan fingerprint density at radius 3 is 2.52 bits per heavy atom. The molecule has 1 aliphatic rings. The number of aliphatic carboxylic acids is 1. The van der Waals surface area contributed by atoms with Crippen molar-refractivity contribution in [2.45, 2.75) is 25.8 Å². The summed E-state index contributed by atoms with van der Waals surface area (Å²) in [7, 11) is 3.09. The SMILES string of the molecule is COc1cc2c(cc1OC)C(CC(=O)O)N(C(=O)c1ccc(C)nc1)CC2. The highest BCUT2D eigenvalue weighted by Crippen LogP contribution is 2.39.